The van der Waals surface area contributed by atoms with Crippen molar-refractivity contribution in [1.29, 1.82) is 0 Å². The minimum absolute atomic E-state index is 0.0321. The molecule has 0 radical (unpaired) electrons. The Hall–Kier alpha value is -2.04. The number of hydrogen-bond donors (Lipinski definition) is 2. The maximum Gasteiger partial charge on any atom is 0.317 e. The van der Waals surface area contributed by atoms with E-state index in [1.807, 2.05) is 30.3 Å². The molecule has 2 atom stereocenters. The number of likely N-dealkylation sites (tertiary alicyclic amines) is 1. The molecule has 0 aromatic heterocycles. The summed E-state index contributed by atoms with van der Waals surface area (Å²) in [6.07, 6.45) is 2.33. The van der Waals surface area contributed by atoms with Gasteiger partial charge in [0.15, 0.2) is 0 Å². The fraction of sp³-hybridized carbons (Fsp3) is 0.529. The number of rotatable bonds is 5. The molecule has 1 saturated heterocycles. The summed E-state index contributed by atoms with van der Waals surface area (Å²) < 4.78 is 0. The van der Waals surface area contributed by atoms with Crippen molar-refractivity contribution in [3.63, 3.8) is 0 Å². The third kappa shape index (κ3) is 3.59. The van der Waals surface area contributed by atoms with Crippen LogP contribution in [0.4, 0.5) is 4.79 Å². The zero-order chi connectivity index (χ0) is 16.2. The number of carboxylic acid groups (broad SMARTS) is 1. The molecule has 0 aliphatic carbocycles. The van der Waals surface area contributed by atoms with Crippen molar-refractivity contribution in [3.8, 4) is 0 Å². The van der Waals surface area contributed by atoms with E-state index in [1.54, 1.807) is 11.8 Å². The lowest BCUT2D eigenvalue weighted by Crippen LogP contribution is -2.42. The van der Waals surface area contributed by atoms with Gasteiger partial charge in [0.05, 0.1) is 11.5 Å². The van der Waals surface area contributed by atoms with Crippen LogP contribution >= 0.6 is 0 Å². The second kappa shape index (κ2) is 6.81. The summed E-state index contributed by atoms with van der Waals surface area (Å²) in [4.78, 5) is 25.3. The van der Waals surface area contributed by atoms with Gasteiger partial charge in [0.25, 0.3) is 0 Å². The van der Waals surface area contributed by atoms with E-state index in [0.29, 0.717) is 13.0 Å². The number of benzene rings is 1. The summed E-state index contributed by atoms with van der Waals surface area (Å²) in [6.45, 7) is 4.53. The van der Waals surface area contributed by atoms with Crippen molar-refractivity contribution in [2.75, 3.05) is 13.1 Å². The van der Waals surface area contributed by atoms with Crippen LogP contribution < -0.4 is 5.32 Å². The summed E-state index contributed by atoms with van der Waals surface area (Å²) in [5, 5.41) is 12.3. The molecule has 1 aromatic rings. The van der Waals surface area contributed by atoms with Crippen molar-refractivity contribution < 1.29 is 14.7 Å². The standard InChI is InChI=1S/C17H24N2O3/c1-3-7-14(13-8-5-4-6-9-13)18-16(22)19-11-10-17(2,12-19)15(20)21/h4-6,8-9,14H,3,7,10-12H2,1-2H3,(H,18,22)(H,20,21). The first-order valence-electron chi connectivity index (χ1n) is 7.80. The predicted octanol–water partition coefficient (Wildman–Crippen LogP) is 3.03. The number of nitrogens with zero attached hydrogens (tertiary/aromatic N) is 1. The first kappa shape index (κ1) is 16.3. The van der Waals surface area contributed by atoms with Gasteiger partial charge in [0, 0.05) is 13.1 Å². The average Bonchev–Trinajstić information content (AvgIpc) is 2.92. The molecule has 0 spiro atoms. The predicted molar refractivity (Wildman–Crippen MR) is 84.6 cm³/mol. The molecule has 2 unspecified atom stereocenters. The molecule has 22 heavy (non-hydrogen) atoms. The van der Waals surface area contributed by atoms with Gasteiger partial charge in [-0.05, 0) is 25.3 Å². The zero-order valence-corrected chi connectivity index (χ0v) is 13.2. The smallest absolute Gasteiger partial charge is 0.317 e. The van der Waals surface area contributed by atoms with E-state index in [0.717, 1.165) is 18.4 Å². The molecule has 120 valence electrons. The average molecular weight is 304 g/mol. The largest absolute Gasteiger partial charge is 0.481 e. The van der Waals surface area contributed by atoms with Gasteiger partial charge in [-0.3, -0.25) is 4.79 Å². The highest BCUT2D eigenvalue weighted by atomic mass is 16.4. The Morgan fingerprint density at radius 1 is 1.36 bits per heavy atom. The number of urea groups is 1. The van der Waals surface area contributed by atoms with Crippen LogP contribution in [0.5, 0.6) is 0 Å². The Morgan fingerprint density at radius 2 is 2.05 bits per heavy atom. The second-order valence-electron chi connectivity index (χ2n) is 6.24. The Balaban J connectivity index is 2.02. The number of amides is 2. The van der Waals surface area contributed by atoms with Crippen LogP contribution in [0.25, 0.3) is 0 Å². The monoisotopic (exact) mass is 304 g/mol. The molecule has 5 heteroatoms. The molecule has 2 N–H and O–H groups in total. The minimum Gasteiger partial charge on any atom is -0.481 e. The lowest BCUT2D eigenvalue weighted by Gasteiger charge is -2.24. The molecule has 0 bridgehead atoms. The Kier molecular flexibility index (Phi) is 5.06. The number of carbonyl (C=O) groups excluding carboxylic acids is 1. The van der Waals surface area contributed by atoms with Crippen molar-refractivity contribution in [2.24, 2.45) is 5.41 Å². The topological polar surface area (TPSA) is 69.6 Å². The molecular weight excluding hydrogens is 280 g/mol. The lowest BCUT2D eigenvalue weighted by molar-refractivity contribution is -0.147. The number of nitrogens with one attached hydrogen (secondary N) is 1. The molecule has 1 fully saturated rings. The zero-order valence-electron chi connectivity index (χ0n) is 13.2. The van der Waals surface area contributed by atoms with Gasteiger partial charge in [0.1, 0.15) is 0 Å². The molecule has 5 nitrogen and oxygen atoms in total. The summed E-state index contributed by atoms with van der Waals surface area (Å²) in [6, 6.07) is 9.68. The van der Waals surface area contributed by atoms with Crippen LogP contribution in [0.15, 0.2) is 30.3 Å². The highest BCUT2D eigenvalue weighted by Crippen LogP contribution is 2.30. The maximum absolute atomic E-state index is 12.4. The van der Waals surface area contributed by atoms with E-state index >= 15 is 0 Å². The minimum atomic E-state index is -0.837. The number of carbonyl (C=O) groups is 2. The van der Waals surface area contributed by atoms with E-state index in [1.165, 1.54) is 0 Å². The van der Waals surface area contributed by atoms with E-state index in [4.69, 9.17) is 0 Å². The molecule has 1 heterocycles. The Bertz CT molecular complexity index is 532. The number of carboxylic acids is 1. The van der Waals surface area contributed by atoms with Crippen LogP contribution in [0.2, 0.25) is 0 Å². The van der Waals surface area contributed by atoms with Crippen molar-refractivity contribution >= 4 is 12.0 Å². The van der Waals surface area contributed by atoms with E-state index in [2.05, 4.69) is 12.2 Å². The normalized spacial score (nSPS) is 22.4. The summed E-state index contributed by atoms with van der Waals surface area (Å²) in [5.74, 6) is -0.837. The number of hydrogen-bond acceptors (Lipinski definition) is 2. The third-order valence-corrected chi connectivity index (χ3v) is 4.35. The molecule has 1 aromatic carbocycles. The van der Waals surface area contributed by atoms with Gasteiger partial charge >= 0.3 is 12.0 Å². The van der Waals surface area contributed by atoms with Crippen molar-refractivity contribution in [3.05, 3.63) is 35.9 Å². The molecule has 0 saturated carbocycles. The van der Waals surface area contributed by atoms with Crippen molar-refractivity contribution in [1.82, 2.24) is 10.2 Å². The van der Waals surface area contributed by atoms with Crippen LogP contribution in [0, 0.1) is 5.41 Å². The molecular formula is C17H24N2O3. The van der Waals surface area contributed by atoms with Gasteiger partial charge in [-0.25, -0.2) is 4.79 Å². The fourth-order valence-corrected chi connectivity index (χ4v) is 2.85. The van der Waals surface area contributed by atoms with Gasteiger partial charge in [-0.15, -0.1) is 0 Å². The quantitative estimate of drug-likeness (QED) is 0.878. The second-order valence-corrected chi connectivity index (χ2v) is 6.24. The molecule has 2 amide bonds. The van der Waals surface area contributed by atoms with Crippen LogP contribution in [-0.4, -0.2) is 35.1 Å². The van der Waals surface area contributed by atoms with Gasteiger partial charge < -0.3 is 15.3 Å². The third-order valence-electron chi connectivity index (χ3n) is 4.35. The van der Waals surface area contributed by atoms with Crippen LogP contribution in [0.1, 0.15) is 44.7 Å². The van der Waals surface area contributed by atoms with E-state index in [-0.39, 0.29) is 18.6 Å². The SMILES string of the molecule is CCCC(NC(=O)N1CCC(C)(C(=O)O)C1)c1ccccc1. The molecule has 2 rings (SSSR count). The fourth-order valence-electron chi connectivity index (χ4n) is 2.85. The van der Waals surface area contributed by atoms with Gasteiger partial charge in [-0.2, -0.15) is 0 Å². The lowest BCUT2D eigenvalue weighted by atomic mass is 9.90. The summed E-state index contributed by atoms with van der Waals surface area (Å²) in [7, 11) is 0. The Morgan fingerprint density at radius 3 is 2.59 bits per heavy atom. The number of aliphatic carboxylic acids is 1. The highest BCUT2D eigenvalue weighted by Gasteiger charge is 2.42. The first-order chi connectivity index (χ1) is 10.5. The summed E-state index contributed by atoms with van der Waals surface area (Å²) >= 11 is 0. The van der Waals surface area contributed by atoms with E-state index in [9.17, 15) is 14.7 Å². The van der Waals surface area contributed by atoms with Gasteiger partial charge in [0.2, 0.25) is 0 Å². The Labute approximate surface area is 131 Å². The van der Waals surface area contributed by atoms with Gasteiger partial charge in [-0.1, -0.05) is 43.7 Å². The van der Waals surface area contributed by atoms with Crippen molar-refractivity contribution in [2.45, 2.75) is 39.2 Å². The molecule has 1 aliphatic rings. The van der Waals surface area contributed by atoms with E-state index < -0.39 is 11.4 Å². The van der Waals surface area contributed by atoms with Crippen LogP contribution in [-0.2, 0) is 4.79 Å². The molecule has 1 aliphatic heterocycles. The maximum atomic E-state index is 12.4. The van der Waals surface area contributed by atoms with Crippen LogP contribution in [0.3, 0.4) is 0 Å². The first-order valence-corrected chi connectivity index (χ1v) is 7.80. The summed E-state index contributed by atoms with van der Waals surface area (Å²) in [5.41, 5.74) is 0.252. The highest BCUT2D eigenvalue weighted by molar-refractivity contribution is 5.79.